The lowest BCUT2D eigenvalue weighted by Crippen LogP contribution is -2.01. The molecule has 0 fully saturated rings. The van der Waals surface area contributed by atoms with Crippen molar-refractivity contribution in [1.29, 1.82) is 0 Å². The van der Waals surface area contributed by atoms with Crippen LogP contribution in [0.2, 0.25) is 5.82 Å². The van der Waals surface area contributed by atoms with Gasteiger partial charge in [-0.05, 0) is 24.0 Å². The van der Waals surface area contributed by atoms with E-state index in [0.29, 0.717) is 5.92 Å². The molecule has 0 aliphatic rings. The smallest absolute Gasteiger partial charge is 0.0692 e. The predicted molar refractivity (Wildman–Crippen MR) is 57.6 cm³/mol. The summed E-state index contributed by atoms with van der Waals surface area (Å²) in [4.78, 5) is 0. The Kier molecular flexibility index (Phi) is 2.96. The molecule has 0 radical (unpaired) electrons. The van der Waals surface area contributed by atoms with Gasteiger partial charge >= 0.3 is 0 Å². The summed E-state index contributed by atoms with van der Waals surface area (Å²) in [6.07, 6.45) is 0. The summed E-state index contributed by atoms with van der Waals surface area (Å²) in [7, 11) is 2.27. The molecule has 1 heteroatoms. The largest absolute Gasteiger partial charge is 0.105 e. The van der Waals surface area contributed by atoms with Gasteiger partial charge in [-0.1, -0.05) is 43.9 Å². The van der Waals surface area contributed by atoms with E-state index in [1.165, 1.54) is 11.1 Å². The van der Waals surface area contributed by atoms with Crippen molar-refractivity contribution in [2.45, 2.75) is 32.5 Å². The third-order valence-corrected chi connectivity index (χ3v) is 2.68. The van der Waals surface area contributed by atoms with Gasteiger partial charge in [0.2, 0.25) is 0 Å². The van der Waals surface area contributed by atoms with Gasteiger partial charge in [0.15, 0.2) is 0 Å². The number of hydrogen-bond acceptors (Lipinski definition) is 0. The first kappa shape index (κ1) is 9.37. The van der Waals surface area contributed by atoms with Crippen LogP contribution in [0.4, 0.5) is 0 Å². The van der Waals surface area contributed by atoms with Gasteiger partial charge in [0, 0.05) is 0 Å². The van der Waals surface area contributed by atoms with Gasteiger partial charge in [0.1, 0.15) is 7.85 Å². The lowest BCUT2D eigenvalue weighted by atomic mass is 9.75. The van der Waals surface area contributed by atoms with Crippen molar-refractivity contribution in [2.24, 2.45) is 0 Å². The summed E-state index contributed by atoms with van der Waals surface area (Å²) >= 11 is 0. The Balaban J connectivity index is 2.94. The fraction of sp³-hybridized carbons (Fsp3) is 0.455. The molecule has 0 amide bonds. The maximum absolute atomic E-state index is 2.30. The summed E-state index contributed by atoms with van der Waals surface area (Å²) in [6.45, 7) is 6.76. The first-order valence-corrected chi connectivity index (χ1v) is 4.68. The van der Waals surface area contributed by atoms with E-state index in [0.717, 1.165) is 5.82 Å². The van der Waals surface area contributed by atoms with Crippen molar-refractivity contribution in [3.8, 4) is 0 Å². The van der Waals surface area contributed by atoms with Gasteiger partial charge in [-0.25, -0.2) is 0 Å². The lowest BCUT2D eigenvalue weighted by Gasteiger charge is -2.17. The zero-order chi connectivity index (χ0) is 9.14. The van der Waals surface area contributed by atoms with Crippen LogP contribution in [0.5, 0.6) is 0 Å². The van der Waals surface area contributed by atoms with E-state index < -0.39 is 0 Å². The second kappa shape index (κ2) is 3.80. The molecule has 0 spiro atoms. The van der Waals surface area contributed by atoms with Crippen LogP contribution in [0.25, 0.3) is 0 Å². The zero-order valence-electron chi connectivity index (χ0n) is 8.46. The highest BCUT2D eigenvalue weighted by atomic mass is 14.1. The molecule has 0 N–H and O–H groups in total. The summed E-state index contributed by atoms with van der Waals surface area (Å²) in [6, 6.07) is 8.65. The van der Waals surface area contributed by atoms with Crippen molar-refractivity contribution in [1.82, 2.24) is 0 Å². The maximum atomic E-state index is 2.30. The minimum Gasteiger partial charge on any atom is -0.0692 e. The molecule has 0 saturated carbocycles. The SMILES string of the molecule is BC(C)C(C)c1ccccc1C. The molecule has 0 aliphatic heterocycles. The Morgan fingerprint density at radius 2 is 1.75 bits per heavy atom. The second-order valence-corrected chi connectivity index (χ2v) is 3.89. The van der Waals surface area contributed by atoms with E-state index in [1.54, 1.807) is 0 Å². The van der Waals surface area contributed by atoms with Crippen LogP contribution < -0.4 is 0 Å². The number of hydrogen-bond donors (Lipinski definition) is 0. The van der Waals surface area contributed by atoms with Crippen molar-refractivity contribution in [2.75, 3.05) is 0 Å². The van der Waals surface area contributed by atoms with Crippen LogP contribution >= 0.6 is 0 Å². The average molecular weight is 160 g/mol. The monoisotopic (exact) mass is 160 g/mol. The van der Waals surface area contributed by atoms with E-state index in [-0.39, 0.29) is 0 Å². The van der Waals surface area contributed by atoms with Gasteiger partial charge in [0.05, 0.1) is 0 Å². The van der Waals surface area contributed by atoms with Crippen LogP contribution in [0.15, 0.2) is 24.3 Å². The maximum Gasteiger partial charge on any atom is 0.105 e. The van der Waals surface area contributed by atoms with Gasteiger partial charge in [0.25, 0.3) is 0 Å². The lowest BCUT2D eigenvalue weighted by molar-refractivity contribution is 0.726. The first-order valence-electron chi connectivity index (χ1n) is 4.68. The Hall–Kier alpha value is -0.715. The minimum atomic E-state index is 0.672. The number of rotatable bonds is 2. The van der Waals surface area contributed by atoms with E-state index in [1.807, 2.05) is 0 Å². The highest BCUT2D eigenvalue weighted by Crippen LogP contribution is 2.27. The van der Waals surface area contributed by atoms with E-state index >= 15 is 0 Å². The van der Waals surface area contributed by atoms with Crippen molar-refractivity contribution < 1.29 is 0 Å². The molecule has 2 unspecified atom stereocenters. The average Bonchev–Trinajstić information content (AvgIpc) is 2.04. The van der Waals surface area contributed by atoms with Crippen LogP contribution in [0.1, 0.15) is 30.9 Å². The molecule has 2 atom stereocenters. The van der Waals surface area contributed by atoms with Crippen LogP contribution in [0, 0.1) is 6.92 Å². The molecule has 64 valence electrons. The molecule has 0 bridgehead atoms. The second-order valence-electron chi connectivity index (χ2n) is 3.89. The molecule has 0 heterocycles. The Labute approximate surface area is 76.4 Å². The molecule has 0 saturated heterocycles. The molecule has 1 aromatic carbocycles. The van der Waals surface area contributed by atoms with Crippen molar-refractivity contribution in [3.63, 3.8) is 0 Å². The normalized spacial score (nSPS) is 15.6. The highest BCUT2D eigenvalue weighted by molar-refractivity contribution is 6.11. The van der Waals surface area contributed by atoms with Gasteiger partial charge in [-0.2, -0.15) is 0 Å². The zero-order valence-corrected chi connectivity index (χ0v) is 8.46. The molecule has 0 nitrogen and oxygen atoms in total. The van der Waals surface area contributed by atoms with Crippen LogP contribution in [0.3, 0.4) is 0 Å². The summed E-state index contributed by atoms with van der Waals surface area (Å²) in [5, 5.41) is 0. The standard InChI is InChI=1S/C11H17B/c1-8-6-4-5-7-11(8)9(2)10(3)12/h4-7,9-10H,12H2,1-3H3. The number of aryl methyl sites for hydroxylation is 1. The molecule has 1 aromatic rings. The first-order chi connectivity index (χ1) is 5.63. The Morgan fingerprint density at radius 3 is 2.25 bits per heavy atom. The van der Waals surface area contributed by atoms with Crippen LogP contribution in [-0.4, -0.2) is 7.85 Å². The third-order valence-electron chi connectivity index (χ3n) is 2.68. The van der Waals surface area contributed by atoms with E-state index in [2.05, 4.69) is 52.9 Å². The molecule has 1 rings (SSSR count). The molecule has 0 aromatic heterocycles. The summed E-state index contributed by atoms with van der Waals surface area (Å²) < 4.78 is 0. The third kappa shape index (κ3) is 1.91. The number of benzene rings is 1. The fourth-order valence-corrected chi connectivity index (χ4v) is 1.46. The van der Waals surface area contributed by atoms with Crippen LogP contribution in [-0.2, 0) is 0 Å². The molecule has 12 heavy (non-hydrogen) atoms. The topological polar surface area (TPSA) is 0 Å². The van der Waals surface area contributed by atoms with E-state index in [9.17, 15) is 0 Å². The highest BCUT2D eigenvalue weighted by Gasteiger charge is 2.10. The Morgan fingerprint density at radius 1 is 1.17 bits per heavy atom. The van der Waals surface area contributed by atoms with Gasteiger partial charge in [-0.15, -0.1) is 0 Å². The van der Waals surface area contributed by atoms with E-state index in [4.69, 9.17) is 0 Å². The molecular formula is C11H17B. The summed E-state index contributed by atoms with van der Waals surface area (Å²) in [5.41, 5.74) is 2.91. The minimum absolute atomic E-state index is 0.672. The molecular weight excluding hydrogens is 143 g/mol. The summed E-state index contributed by atoms with van der Waals surface area (Å²) in [5.74, 6) is 1.40. The van der Waals surface area contributed by atoms with Gasteiger partial charge < -0.3 is 0 Å². The predicted octanol–water partition coefficient (Wildman–Crippen LogP) is 2.54. The molecule has 0 aliphatic carbocycles. The van der Waals surface area contributed by atoms with Crippen molar-refractivity contribution in [3.05, 3.63) is 35.4 Å². The van der Waals surface area contributed by atoms with Crippen molar-refractivity contribution >= 4 is 7.85 Å². The Bertz CT molecular complexity index is 253. The fourth-order valence-electron chi connectivity index (χ4n) is 1.46. The quantitative estimate of drug-likeness (QED) is 0.583. The van der Waals surface area contributed by atoms with Gasteiger partial charge in [-0.3, -0.25) is 0 Å².